The van der Waals surface area contributed by atoms with Crippen LogP contribution >= 0.6 is 0 Å². The number of alkyl halides is 4. The molecule has 0 aliphatic carbocycles. The first-order valence-corrected chi connectivity index (χ1v) is 16.4. The predicted octanol–water partition coefficient (Wildman–Crippen LogP) is 7.57. The molecule has 4 aromatic carbocycles. The monoisotopic (exact) mass is 752 g/mol. The van der Waals surface area contributed by atoms with Crippen LogP contribution in [0.4, 0.5) is 17.6 Å². The van der Waals surface area contributed by atoms with Crippen molar-refractivity contribution in [2.75, 3.05) is 13.7 Å². The van der Waals surface area contributed by atoms with Crippen LogP contribution in [0.15, 0.2) is 115 Å². The lowest BCUT2D eigenvalue weighted by atomic mass is 10.0. The first-order chi connectivity index (χ1) is 25.9. The van der Waals surface area contributed by atoms with Crippen molar-refractivity contribution in [3.8, 4) is 11.6 Å². The first-order valence-electron chi connectivity index (χ1n) is 16.4. The molecule has 1 aliphatic rings. The highest BCUT2D eigenvalue weighted by atomic mass is 19.4. The normalized spacial score (nSPS) is 18.0. The Kier molecular flexibility index (Phi) is 13.0. The Balaban J connectivity index is 0.000000591. The van der Waals surface area contributed by atoms with E-state index in [1.807, 2.05) is 5.10 Å². The Labute approximate surface area is 307 Å². The zero-order chi connectivity index (χ0) is 38.7. The lowest BCUT2D eigenvalue weighted by Crippen LogP contribution is -2.51. The molecule has 0 unspecified atom stereocenters. The number of carboxylic acids is 1. The van der Waals surface area contributed by atoms with E-state index >= 15 is 4.39 Å². The fraction of sp³-hybridized carbons (Fsp3) is 0.231. The Bertz CT molecular complexity index is 1980. The number of aromatic nitrogens is 2. The number of hydrogen-bond donors (Lipinski definition) is 2. The van der Waals surface area contributed by atoms with Crippen LogP contribution in [0.2, 0.25) is 0 Å². The van der Waals surface area contributed by atoms with Gasteiger partial charge in [-0.2, -0.15) is 13.2 Å². The van der Waals surface area contributed by atoms with Gasteiger partial charge in [0, 0.05) is 7.85 Å². The molecule has 2 heterocycles. The number of aromatic amines is 1. The fourth-order valence-corrected chi connectivity index (χ4v) is 5.30. The third kappa shape index (κ3) is 10.4. The van der Waals surface area contributed by atoms with Crippen LogP contribution in [-0.4, -0.2) is 71.6 Å². The summed E-state index contributed by atoms with van der Waals surface area (Å²) in [6.07, 6.45) is -11.8. The second kappa shape index (κ2) is 18.0. The molecule has 0 radical (unpaired) electrons. The van der Waals surface area contributed by atoms with Gasteiger partial charge in [0.1, 0.15) is 30.3 Å². The lowest BCUT2D eigenvalue weighted by Gasteiger charge is -2.37. The maximum atomic E-state index is 15.7. The fourth-order valence-electron chi connectivity index (χ4n) is 5.30. The van der Waals surface area contributed by atoms with E-state index in [9.17, 15) is 27.6 Å². The maximum Gasteiger partial charge on any atom is 0.433 e. The smallest absolute Gasteiger partial charge is 0.433 e. The van der Waals surface area contributed by atoms with E-state index in [1.165, 1.54) is 31.4 Å². The van der Waals surface area contributed by atoms with Crippen LogP contribution in [0.1, 0.15) is 55.7 Å². The highest BCUT2D eigenvalue weighted by molar-refractivity contribution is 5.90. The highest BCUT2D eigenvalue weighted by Gasteiger charge is 2.45. The summed E-state index contributed by atoms with van der Waals surface area (Å²) in [6.45, 7) is -0.596. The summed E-state index contributed by atoms with van der Waals surface area (Å²) >= 11 is 0. The van der Waals surface area contributed by atoms with E-state index in [4.69, 9.17) is 28.8 Å². The minimum absolute atomic E-state index is 0. The summed E-state index contributed by atoms with van der Waals surface area (Å²) in [5.41, 5.74) is -0.247. The highest BCUT2D eigenvalue weighted by Crippen LogP contribution is 2.37. The van der Waals surface area contributed by atoms with Gasteiger partial charge in [0.15, 0.2) is 6.17 Å². The molecule has 0 saturated carbocycles. The number of benzene rings is 4. The molecule has 0 amide bonds. The Hall–Kier alpha value is -6.22. The topological polar surface area (TPSA) is 146 Å². The average Bonchev–Trinajstić information content (AvgIpc) is 3.59. The minimum Gasteiger partial charge on any atom is -0.497 e. The molecule has 1 fully saturated rings. The summed E-state index contributed by atoms with van der Waals surface area (Å²) in [5, 5.41) is 14.1. The second-order valence-electron chi connectivity index (χ2n) is 11.8. The molecule has 1 aromatic heterocycles. The van der Waals surface area contributed by atoms with Crippen molar-refractivity contribution in [3.63, 3.8) is 0 Å². The molecule has 1 aliphatic heterocycles. The number of rotatable bonds is 11. The van der Waals surface area contributed by atoms with Crippen LogP contribution in [0.25, 0.3) is 0 Å². The number of carbonyl (C=O) groups excluding carboxylic acids is 2. The van der Waals surface area contributed by atoms with Crippen LogP contribution in [0.3, 0.4) is 0 Å². The van der Waals surface area contributed by atoms with Crippen LogP contribution in [0.5, 0.6) is 11.6 Å². The molecule has 4 atom stereocenters. The lowest BCUT2D eigenvalue weighted by molar-refractivity contribution is -0.215. The molecule has 11 nitrogen and oxygen atoms in total. The minimum atomic E-state index is -4.80. The molecule has 2 N–H and O–H groups in total. The number of esters is 2. The van der Waals surface area contributed by atoms with E-state index in [1.54, 1.807) is 91.0 Å². The largest absolute Gasteiger partial charge is 0.497 e. The Morgan fingerprint density at radius 3 is 1.93 bits per heavy atom. The number of ether oxygens (including phenoxy) is 5. The molecular formula is C39H36F4N2O9. The predicted molar refractivity (Wildman–Crippen MR) is 186 cm³/mol. The van der Waals surface area contributed by atoms with Crippen molar-refractivity contribution in [2.45, 2.75) is 43.7 Å². The third-order valence-electron chi connectivity index (χ3n) is 8.03. The Morgan fingerprint density at radius 2 is 1.41 bits per heavy atom. The Morgan fingerprint density at radius 1 is 0.852 bits per heavy atom. The number of aromatic carboxylic acids is 1. The number of carbonyl (C=O) groups is 3. The summed E-state index contributed by atoms with van der Waals surface area (Å²) in [4.78, 5) is 35.5. The van der Waals surface area contributed by atoms with E-state index in [0.717, 1.165) is 0 Å². The standard InChI is InChI=1S/C32H28F4N2O7.C7H6O2.H2/c1-41-22-14-12-19(13-15-22)16-23-28(32(34,35)36)37-38-29(23)45-26-17-24(44-31(40)21-10-6-3-7-11-21)27(33)25(43-26)18-42-30(39)20-8-4-2-5-9-20;8-7(9)6-4-2-1-3-5-6;/h2-15,24-27H,16-18H2,1H3,(H,37,38);1-5H,(H,8,9);1H/t24-,25-,26+,27+;;/m1../s1. The summed E-state index contributed by atoms with van der Waals surface area (Å²) in [7, 11) is 1.46. The second-order valence-corrected chi connectivity index (χ2v) is 11.8. The molecule has 0 spiro atoms. The molecule has 54 heavy (non-hydrogen) atoms. The van der Waals surface area contributed by atoms with Crippen molar-refractivity contribution in [2.24, 2.45) is 0 Å². The number of hydrogen-bond acceptors (Lipinski definition) is 9. The van der Waals surface area contributed by atoms with Gasteiger partial charge in [-0.1, -0.05) is 66.7 Å². The molecule has 6 rings (SSSR count). The van der Waals surface area contributed by atoms with E-state index < -0.39 is 66.9 Å². The molecule has 5 aromatic rings. The first kappa shape index (κ1) is 39.0. The van der Waals surface area contributed by atoms with E-state index in [2.05, 4.69) is 5.10 Å². The number of nitrogens with one attached hydrogen (secondary N) is 1. The molecule has 284 valence electrons. The van der Waals surface area contributed by atoms with E-state index in [-0.39, 0.29) is 31.0 Å². The summed E-state index contributed by atoms with van der Waals surface area (Å²) < 4.78 is 84.8. The number of carboxylic acid groups (broad SMARTS) is 1. The molecular weight excluding hydrogens is 716 g/mol. The van der Waals surface area contributed by atoms with Crippen molar-refractivity contribution in [3.05, 3.63) is 149 Å². The summed E-state index contributed by atoms with van der Waals surface area (Å²) in [5.74, 6) is -2.38. The van der Waals surface area contributed by atoms with Gasteiger partial charge < -0.3 is 28.8 Å². The SMILES string of the molecule is COc1ccc(Cc2c(O[C@H]3C[C@@H](OC(=O)c4ccccc4)[C@H](F)[C@@H](COC(=O)c4ccccc4)O3)n[nH]c2C(F)(F)F)cc1.O=C(O)c1ccccc1.[HH]. The van der Waals surface area contributed by atoms with Gasteiger partial charge in [0.05, 0.1) is 35.8 Å². The van der Waals surface area contributed by atoms with Gasteiger partial charge in [-0.3, -0.25) is 5.10 Å². The van der Waals surface area contributed by atoms with E-state index in [0.29, 0.717) is 16.9 Å². The number of methoxy groups -OCH3 is 1. The zero-order valence-electron chi connectivity index (χ0n) is 28.6. The van der Waals surface area contributed by atoms with Gasteiger partial charge >= 0.3 is 24.1 Å². The number of halogens is 4. The average molecular weight is 753 g/mol. The van der Waals surface area contributed by atoms with Crippen LogP contribution < -0.4 is 9.47 Å². The van der Waals surface area contributed by atoms with Crippen molar-refractivity contribution in [1.82, 2.24) is 10.2 Å². The van der Waals surface area contributed by atoms with Gasteiger partial charge in [-0.15, -0.1) is 5.10 Å². The van der Waals surface area contributed by atoms with Crippen LogP contribution in [-0.2, 0) is 26.8 Å². The number of H-pyrrole nitrogens is 1. The van der Waals surface area contributed by atoms with Gasteiger partial charge in [0.2, 0.25) is 12.2 Å². The maximum absolute atomic E-state index is 15.7. The van der Waals surface area contributed by atoms with Gasteiger partial charge in [-0.25, -0.2) is 18.8 Å². The van der Waals surface area contributed by atoms with Crippen molar-refractivity contribution >= 4 is 17.9 Å². The van der Waals surface area contributed by atoms with Crippen LogP contribution in [0, 0.1) is 0 Å². The molecule has 15 heteroatoms. The zero-order valence-corrected chi connectivity index (χ0v) is 28.6. The molecule has 1 saturated heterocycles. The van der Waals surface area contributed by atoms with Crippen molar-refractivity contribution < 1.29 is 62.2 Å². The quantitative estimate of drug-likeness (QED) is 0.102. The number of nitrogens with zero attached hydrogens (tertiary/aromatic N) is 1. The van der Waals surface area contributed by atoms with Gasteiger partial charge in [0.25, 0.3) is 0 Å². The van der Waals surface area contributed by atoms with Gasteiger partial charge in [-0.05, 0) is 54.1 Å². The summed E-state index contributed by atoms with van der Waals surface area (Å²) in [6, 6.07) is 30.5. The van der Waals surface area contributed by atoms with Crippen molar-refractivity contribution in [1.29, 1.82) is 0 Å². The molecule has 0 bridgehead atoms. The third-order valence-corrected chi connectivity index (χ3v) is 8.03.